The molecule has 1 nitrogen and oxygen atoms in total. The van der Waals surface area contributed by atoms with Gasteiger partial charge in [-0.2, -0.15) is 0 Å². The van der Waals surface area contributed by atoms with Gasteiger partial charge in [0.15, 0.2) is 0 Å². The Morgan fingerprint density at radius 3 is 1.69 bits per heavy atom. The Balaban J connectivity index is 2.18. The summed E-state index contributed by atoms with van der Waals surface area (Å²) in [5.41, 5.74) is 4.88. The van der Waals surface area contributed by atoms with Crippen LogP contribution in [0.2, 0.25) is 0 Å². The van der Waals surface area contributed by atoms with Crippen molar-refractivity contribution >= 4 is 11.4 Å². The van der Waals surface area contributed by atoms with E-state index in [1.165, 1.54) is 11.1 Å². The fraction of sp³-hybridized carbons (Fsp3) is 0.133. The molecule has 0 aliphatic carbocycles. The maximum atomic E-state index is 6.19. The zero-order chi connectivity index (χ0) is 11.0. The summed E-state index contributed by atoms with van der Waals surface area (Å²) >= 11 is 0. The third-order valence-corrected chi connectivity index (χ3v) is 3.17. The first kappa shape index (κ1) is 9.46. The lowest BCUT2D eigenvalue weighted by Crippen LogP contribution is -2.07. The van der Waals surface area contributed by atoms with E-state index < -0.39 is 0 Å². The van der Waals surface area contributed by atoms with Crippen LogP contribution in [0.1, 0.15) is 11.1 Å². The minimum Gasteiger partial charge on any atom is -0.334 e. The lowest BCUT2D eigenvalue weighted by molar-refractivity contribution is 0.977. The zero-order valence-electron chi connectivity index (χ0n) is 9.06. The van der Waals surface area contributed by atoms with Crippen molar-refractivity contribution in [3.63, 3.8) is 0 Å². The molecule has 0 saturated carbocycles. The number of nitrogens with zero attached hydrogens (tertiary/aromatic N) is 1. The molecule has 3 rings (SSSR count). The average molecular weight is 207 g/mol. The summed E-state index contributed by atoms with van der Waals surface area (Å²) in [7, 11) is 6.19. The van der Waals surface area contributed by atoms with Crippen molar-refractivity contribution in [3.05, 3.63) is 66.7 Å². The molecular formula is C15H13N. The molecule has 0 spiro atoms. The van der Waals surface area contributed by atoms with E-state index in [1.807, 2.05) is 12.1 Å². The highest BCUT2D eigenvalue weighted by atomic mass is 15.1. The molecule has 78 valence electrons. The average Bonchev–Trinajstić information content (AvgIpc) is 2.49. The molecule has 1 heterocycles. The molecule has 2 radical (unpaired) electrons. The van der Waals surface area contributed by atoms with Crippen molar-refractivity contribution < 1.29 is 0 Å². The SMILES string of the molecule is [CH]N1c2ccccc2CCc2ccccc21. The molecule has 0 unspecified atom stereocenters. The quantitative estimate of drug-likeness (QED) is 0.638. The number of rotatable bonds is 0. The smallest absolute Gasteiger partial charge is 0.0799 e. The van der Waals surface area contributed by atoms with E-state index in [0.717, 1.165) is 24.2 Å². The summed E-state index contributed by atoms with van der Waals surface area (Å²) in [4.78, 5) is 1.80. The molecule has 0 fully saturated rings. The molecule has 0 atom stereocenters. The fourth-order valence-electron chi connectivity index (χ4n) is 2.31. The second kappa shape index (κ2) is 3.67. The van der Waals surface area contributed by atoms with Crippen LogP contribution in [0.15, 0.2) is 48.5 Å². The van der Waals surface area contributed by atoms with Gasteiger partial charge in [0.2, 0.25) is 0 Å². The largest absolute Gasteiger partial charge is 0.334 e. The van der Waals surface area contributed by atoms with Gasteiger partial charge in [0, 0.05) is 11.4 Å². The summed E-state index contributed by atoms with van der Waals surface area (Å²) in [6.07, 6.45) is 2.11. The van der Waals surface area contributed by atoms with Crippen LogP contribution in [0.3, 0.4) is 0 Å². The molecule has 2 aromatic carbocycles. The molecule has 1 heteroatoms. The van der Waals surface area contributed by atoms with Gasteiger partial charge in [-0.15, -0.1) is 0 Å². The maximum Gasteiger partial charge on any atom is 0.0799 e. The lowest BCUT2D eigenvalue weighted by Gasteiger charge is -2.20. The first-order chi connectivity index (χ1) is 7.86. The highest BCUT2D eigenvalue weighted by Gasteiger charge is 2.16. The van der Waals surface area contributed by atoms with Crippen molar-refractivity contribution in [3.8, 4) is 0 Å². The number of hydrogen-bond donors (Lipinski definition) is 0. The number of aryl methyl sites for hydroxylation is 2. The summed E-state index contributed by atoms with van der Waals surface area (Å²) < 4.78 is 0. The zero-order valence-corrected chi connectivity index (χ0v) is 9.06. The van der Waals surface area contributed by atoms with Crippen LogP contribution < -0.4 is 4.90 Å². The molecule has 0 aromatic heterocycles. The predicted molar refractivity (Wildman–Crippen MR) is 66.7 cm³/mol. The Morgan fingerprint density at radius 2 is 1.19 bits per heavy atom. The molecule has 0 bridgehead atoms. The van der Waals surface area contributed by atoms with Crippen molar-refractivity contribution in [2.75, 3.05) is 4.90 Å². The van der Waals surface area contributed by atoms with Gasteiger partial charge in [0.05, 0.1) is 7.05 Å². The van der Waals surface area contributed by atoms with E-state index in [-0.39, 0.29) is 0 Å². The highest BCUT2D eigenvalue weighted by molar-refractivity contribution is 5.71. The molecule has 0 amide bonds. The normalized spacial score (nSPS) is 13.9. The molecule has 0 N–H and O–H groups in total. The van der Waals surface area contributed by atoms with Crippen LogP contribution in [0.5, 0.6) is 0 Å². The van der Waals surface area contributed by atoms with E-state index in [2.05, 4.69) is 36.4 Å². The van der Waals surface area contributed by atoms with Crippen LogP contribution in [0.25, 0.3) is 0 Å². The second-order valence-electron chi connectivity index (χ2n) is 4.13. The van der Waals surface area contributed by atoms with Crippen LogP contribution >= 0.6 is 0 Å². The van der Waals surface area contributed by atoms with E-state index in [9.17, 15) is 0 Å². The number of fused-ring (bicyclic) bond motifs is 2. The van der Waals surface area contributed by atoms with E-state index in [1.54, 1.807) is 4.90 Å². The van der Waals surface area contributed by atoms with Gasteiger partial charge in [-0.05, 0) is 36.1 Å². The van der Waals surface area contributed by atoms with Gasteiger partial charge in [-0.3, -0.25) is 0 Å². The van der Waals surface area contributed by atoms with Crippen molar-refractivity contribution in [1.82, 2.24) is 0 Å². The maximum absolute atomic E-state index is 6.19. The van der Waals surface area contributed by atoms with Crippen molar-refractivity contribution in [2.45, 2.75) is 12.8 Å². The predicted octanol–water partition coefficient (Wildman–Crippen LogP) is 3.59. The Morgan fingerprint density at radius 1 is 0.750 bits per heavy atom. The molecule has 16 heavy (non-hydrogen) atoms. The van der Waals surface area contributed by atoms with Gasteiger partial charge in [0.1, 0.15) is 0 Å². The Hall–Kier alpha value is -1.76. The van der Waals surface area contributed by atoms with Crippen LogP contribution in [0.4, 0.5) is 11.4 Å². The summed E-state index contributed by atoms with van der Waals surface area (Å²) in [6.45, 7) is 0. The summed E-state index contributed by atoms with van der Waals surface area (Å²) in [5, 5.41) is 0. The van der Waals surface area contributed by atoms with Crippen LogP contribution in [-0.4, -0.2) is 0 Å². The van der Waals surface area contributed by atoms with Gasteiger partial charge in [-0.1, -0.05) is 36.4 Å². The van der Waals surface area contributed by atoms with Gasteiger partial charge >= 0.3 is 0 Å². The molecule has 0 saturated heterocycles. The number of hydrogen-bond acceptors (Lipinski definition) is 1. The van der Waals surface area contributed by atoms with Crippen LogP contribution in [0, 0.1) is 7.05 Å². The number of anilines is 2. The minimum absolute atomic E-state index is 1.06. The summed E-state index contributed by atoms with van der Waals surface area (Å²) in [5.74, 6) is 0. The molecule has 2 aromatic rings. The number of para-hydroxylation sites is 2. The topological polar surface area (TPSA) is 3.24 Å². The Bertz CT molecular complexity index is 469. The van der Waals surface area contributed by atoms with E-state index in [4.69, 9.17) is 7.05 Å². The van der Waals surface area contributed by atoms with E-state index in [0.29, 0.717) is 0 Å². The van der Waals surface area contributed by atoms with Crippen molar-refractivity contribution in [2.24, 2.45) is 0 Å². The number of benzene rings is 2. The first-order valence-corrected chi connectivity index (χ1v) is 5.57. The monoisotopic (exact) mass is 207 g/mol. The van der Waals surface area contributed by atoms with Gasteiger partial charge in [0.25, 0.3) is 0 Å². The first-order valence-electron chi connectivity index (χ1n) is 5.57. The molecule has 1 aliphatic rings. The third-order valence-electron chi connectivity index (χ3n) is 3.17. The third kappa shape index (κ3) is 1.40. The lowest BCUT2D eigenvalue weighted by atomic mass is 10.0. The minimum atomic E-state index is 1.06. The van der Waals surface area contributed by atoms with E-state index >= 15 is 0 Å². The molecular weight excluding hydrogens is 194 g/mol. The van der Waals surface area contributed by atoms with Crippen molar-refractivity contribution in [1.29, 1.82) is 0 Å². The Kier molecular flexibility index (Phi) is 2.17. The summed E-state index contributed by atoms with van der Waals surface area (Å²) in [6, 6.07) is 16.7. The van der Waals surface area contributed by atoms with Gasteiger partial charge < -0.3 is 4.90 Å². The highest BCUT2D eigenvalue weighted by Crippen LogP contribution is 2.34. The fourth-order valence-corrected chi connectivity index (χ4v) is 2.31. The standard InChI is InChI=1S/C15H13N/c1-16-14-8-4-2-6-12(14)10-11-13-7-3-5-9-15(13)16/h1-9H,10-11H2. The second-order valence-corrected chi connectivity index (χ2v) is 4.13. The molecule has 1 aliphatic heterocycles. The van der Waals surface area contributed by atoms with Crippen LogP contribution in [-0.2, 0) is 12.8 Å². The van der Waals surface area contributed by atoms with Gasteiger partial charge in [-0.25, -0.2) is 0 Å². The Labute approximate surface area is 96.3 Å².